The Morgan fingerprint density at radius 1 is 1.32 bits per heavy atom. The number of rotatable bonds is 5. The van der Waals surface area contributed by atoms with Gasteiger partial charge in [-0.2, -0.15) is 0 Å². The summed E-state index contributed by atoms with van der Waals surface area (Å²) < 4.78 is 41.8. The van der Waals surface area contributed by atoms with Gasteiger partial charge < -0.3 is 4.52 Å². The normalized spacial score (nSPS) is 11.6. The first-order valence-corrected chi connectivity index (χ1v) is 8.18. The van der Waals surface area contributed by atoms with Crippen molar-refractivity contribution in [2.75, 3.05) is 11.1 Å². The molecule has 8 heteroatoms. The SMILES string of the molecule is CC(C)c1cc(NC(=O)CS(=O)(=O)c2ccc(F)cc2)on1. The Morgan fingerprint density at radius 2 is 1.95 bits per heavy atom. The Kier molecular flexibility index (Phi) is 4.60. The molecule has 0 aliphatic rings. The van der Waals surface area contributed by atoms with Gasteiger partial charge in [0.05, 0.1) is 10.6 Å². The zero-order valence-corrected chi connectivity index (χ0v) is 12.9. The largest absolute Gasteiger partial charge is 0.338 e. The number of hydrogen-bond acceptors (Lipinski definition) is 5. The molecule has 0 unspecified atom stereocenters. The maximum absolute atomic E-state index is 12.8. The van der Waals surface area contributed by atoms with Gasteiger partial charge in [-0.15, -0.1) is 0 Å². The highest BCUT2D eigenvalue weighted by atomic mass is 32.2. The van der Waals surface area contributed by atoms with Gasteiger partial charge in [-0.25, -0.2) is 12.8 Å². The van der Waals surface area contributed by atoms with Crippen LogP contribution in [0.15, 0.2) is 39.8 Å². The number of sulfone groups is 1. The average molecular weight is 326 g/mol. The van der Waals surface area contributed by atoms with Crippen LogP contribution >= 0.6 is 0 Å². The highest BCUT2D eigenvalue weighted by molar-refractivity contribution is 7.92. The Labute approximate surface area is 127 Å². The summed E-state index contributed by atoms with van der Waals surface area (Å²) in [5.41, 5.74) is 0.650. The van der Waals surface area contributed by atoms with E-state index in [-0.39, 0.29) is 16.7 Å². The fraction of sp³-hybridized carbons (Fsp3) is 0.286. The summed E-state index contributed by atoms with van der Waals surface area (Å²) >= 11 is 0. The Hall–Kier alpha value is -2.22. The molecular weight excluding hydrogens is 311 g/mol. The van der Waals surface area contributed by atoms with E-state index in [2.05, 4.69) is 10.5 Å². The van der Waals surface area contributed by atoms with E-state index >= 15 is 0 Å². The lowest BCUT2D eigenvalue weighted by Crippen LogP contribution is -2.22. The van der Waals surface area contributed by atoms with Crippen LogP contribution in [0.2, 0.25) is 0 Å². The van der Waals surface area contributed by atoms with Crippen molar-refractivity contribution in [3.05, 3.63) is 41.8 Å². The summed E-state index contributed by atoms with van der Waals surface area (Å²) in [5.74, 6) is -1.86. The molecule has 1 aromatic heterocycles. The number of aromatic nitrogens is 1. The van der Waals surface area contributed by atoms with Crippen molar-refractivity contribution < 1.29 is 22.1 Å². The van der Waals surface area contributed by atoms with E-state index < -0.39 is 27.3 Å². The molecule has 2 rings (SSSR count). The van der Waals surface area contributed by atoms with Crippen LogP contribution in [0.4, 0.5) is 10.3 Å². The van der Waals surface area contributed by atoms with Gasteiger partial charge in [-0.1, -0.05) is 19.0 Å². The third-order valence-electron chi connectivity index (χ3n) is 2.88. The van der Waals surface area contributed by atoms with Crippen molar-refractivity contribution in [2.45, 2.75) is 24.7 Å². The van der Waals surface area contributed by atoms with E-state index in [9.17, 15) is 17.6 Å². The molecule has 22 heavy (non-hydrogen) atoms. The standard InChI is InChI=1S/C14H15FN2O4S/c1-9(2)12-7-14(21-17-12)16-13(18)8-22(19,20)11-5-3-10(15)4-6-11/h3-7,9H,8H2,1-2H3,(H,16,18). The molecule has 1 N–H and O–H groups in total. The second-order valence-corrected chi connectivity index (χ2v) is 7.02. The first-order valence-electron chi connectivity index (χ1n) is 6.53. The van der Waals surface area contributed by atoms with E-state index in [0.717, 1.165) is 24.3 Å². The van der Waals surface area contributed by atoms with E-state index in [0.29, 0.717) is 5.69 Å². The van der Waals surface area contributed by atoms with Gasteiger partial charge in [-0.3, -0.25) is 10.1 Å². The number of anilines is 1. The highest BCUT2D eigenvalue weighted by Gasteiger charge is 2.20. The van der Waals surface area contributed by atoms with Crippen LogP contribution in [0.3, 0.4) is 0 Å². The second kappa shape index (κ2) is 6.27. The van der Waals surface area contributed by atoms with E-state index in [1.807, 2.05) is 13.8 Å². The molecule has 2 aromatic rings. The molecule has 1 aromatic carbocycles. The zero-order valence-electron chi connectivity index (χ0n) is 12.0. The van der Waals surface area contributed by atoms with E-state index in [1.54, 1.807) is 0 Å². The molecule has 1 amide bonds. The van der Waals surface area contributed by atoms with Crippen LogP contribution < -0.4 is 5.32 Å². The summed E-state index contributed by atoms with van der Waals surface area (Å²) in [4.78, 5) is 11.7. The van der Waals surface area contributed by atoms with Crippen molar-refractivity contribution in [3.63, 3.8) is 0 Å². The van der Waals surface area contributed by atoms with Crippen molar-refractivity contribution in [1.29, 1.82) is 0 Å². The smallest absolute Gasteiger partial charge is 0.242 e. The molecule has 1 heterocycles. The molecule has 0 aliphatic carbocycles. The van der Waals surface area contributed by atoms with Gasteiger partial charge in [0.1, 0.15) is 11.6 Å². The fourth-order valence-electron chi connectivity index (χ4n) is 1.69. The monoisotopic (exact) mass is 326 g/mol. The predicted octanol–water partition coefficient (Wildman–Crippen LogP) is 2.35. The molecule has 0 spiro atoms. The number of carbonyl (C=O) groups is 1. The highest BCUT2D eigenvalue weighted by Crippen LogP contribution is 2.18. The Bertz CT molecular complexity index is 766. The summed E-state index contributed by atoms with van der Waals surface area (Å²) in [6, 6.07) is 5.81. The van der Waals surface area contributed by atoms with Crippen molar-refractivity contribution in [2.24, 2.45) is 0 Å². The van der Waals surface area contributed by atoms with Gasteiger partial charge >= 0.3 is 0 Å². The minimum Gasteiger partial charge on any atom is -0.338 e. The third-order valence-corrected chi connectivity index (χ3v) is 4.51. The van der Waals surface area contributed by atoms with Crippen molar-refractivity contribution >= 4 is 21.6 Å². The fourth-order valence-corrected chi connectivity index (χ4v) is 2.83. The average Bonchev–Trinajstić information content (AvgIpc) is 2.87. The summed E-state index contributed by atoms with van der Waals surface area (Å²) in [5, 5.41) is 6.09. The summed E-state index contributed by atoms with van der Waals surface area (Å²) in [6.45, 7) is 3.81. The lowest BCUT2D eigenvalue weighted by molar-refractivity contribution is -0.114. The number of benzene rings is 1. The molecule has 0 saturated carbocycles. The number of amides is 1. The number of carbonyl (C=O) groups excluding carboxylic acids is 1. The van der Waals surface area contributed by atoms with Crippen LogP contribution in [0, 0.1) is 5.82 Å². The quantitative estimate of drug-likeness (QED) is 0.852. The zero-order chi connectivity index (χ0) is 16.3. The first kappa shape index (κ1) is 16.2. The van der Waals surface area contributed by atoms with Gasteiger partial charge in [0.2, 0.25) is 11.8 Å². The lowest BCUT2D eigenvalue weighted by Gasteiger charge is -2.04. The maximum atomic E-state index is 12.8. The molecule has 118 valence electrons. The second-order valence-electron chi connectivity index (χ2n) is 5.03. The Morgan fingerprint density at radius 3 is 2.50 bits per heavy atom. The van der Waals surface area contributed by atoms with Gasteiger partial charge in [0.15, 0.2) is 9.84 Å². The third kappa shape index (κ3) is 3.91. The molecule has 0 aliphatic heterocycles. The number of halogens is 1. The van der Waals surface area contributed by atoms with Crippen LogP contribution in [0.5, 0.6) is 0 Å². The van der Waals surface area contributed by atoms with Crippen LogP contribution in [0.25, 0.3) is 0 Å². The van der Waals surface area contributed by atoms with E-state index in [1.165, 1.54) is 6.07 Å². The minimum absolute atomic E-state index is 0.0861. The first-order chi connectivity index (χ1) is 10.3. The van der Waals surface area contributed by atoms with Crippen LogP contribution in [-0.2, 0) is 14.6 Å². The van der Waals surface area contributed by atoms with E-state index in [4.69, 9.17) is 4.52 Å². The van der Waals surface area contributed by atoms with Crippen LogP contribution in [0.1, 0.15) is 25.5 Å². The number of hydrogen-bond donors (Lipinski definition) is 1. The summed E-state index contributed by atoms with van der Waals surface area (Å²) in [7, 11) is -3.85. The molecular formula is C14H15FN2O4S. The van der Waals surface area contributed by atoms with Gasteiger partial charge in [0, 0.05) is 6.07 Å². The predicted molar refractivity (Wildman–Crippen MR) is 77.7 cm³/mol. The Balaban J connectivity index is 2.05. The number of nitrogens with zero attached hydrogens (tertiary/aromatic N) is 1. The van der Waals surface area contributed by atoms with Crippen molar-refractivity contribution in [1.82, 2.24) is 5.16 Å². The topological polar surface area (TPSA) is 89.3 Å². The summed E-state index contributed by atoms with van der Waals surface area (Å²) in [6.07, 6.45) is 0. The molecule has 0 bridgehead atoms. The maximum Gasteiger partial charge on any atom is 0.242 e. The van der Waals surface area contributed by atoms with Gasteiger partial charge in [0.25, 0.3) is 0 Å². The van der Waals surface area contributed by atoms with Gasteiger partial charge in [-0.05, 0) is 30.2 Å². The molecule has 6 nitrogen and oxygen atoms in total. The molecule has 0 fully saturated rings. The van der Waals surface area contributed by atoms with Crippen LogP contribution in [-0.4, -0.2) is 25.2 Å². The molecule has 0 saturated heterocycles. The van der Waals surface area contributed by atoms with Crippen molar-refractivity contribution in [3.8, 4) is 0 Å². The lowest BCUT2D eigenvalue weighted by atomic mass is 10.1. The molecule has 0 radical (unpaired) electrons. The molecule has 0 atom stereocenters. The number of nitrogens with one attached hydrogen (secondary N) is 1. The minimum atomic E-state index is -3.85.